The lowest BCUT2D eigenvalue weighted by atomic mass is 10.3. The van der Waals surface area contributed by atoms with E-state index in [4.69, 9.17) is 11.6 Å². The third-order valence-corrected chi connectivity index (χ3v) is 7.05. The number of hydrogen-bond donors (Lipinski definition) is 0. The number of halogens is 1. The number of anilines is 2. The van der Waals surface area contributed by atoms with Gasteiger partial charge in [-0.2, -0.15) is 0 Å². The fourth-order valence-corrected chi connectivity index (χ4v) is 4.77. The van der Waals surface area contributed by atoms with Gasteiger partial charge in [-0.1, -0.05) is 22.9 Å². The average Bonchev–Trinajstić information content (AvgIpc) is 3.02. The molecule has 25 heavy (non-hydrogen) atoms. The second kappa shape index (κ2) is 6.77. The van der Waals surface area contributed by atoms with E-state index in [1.165, 1.54) is 0 Å². The first kappa shape index (κ1) is 17.9. The van der Waals surface area contributed by atoms with Gasteiger partial charge in [0.1, 0.15) is 10.0 Å². The van der Waals surface area contributed by atoms with Crippen molar-refractivity contribution in [3.8, 4) is 0 Å². The highest BCUT2D eigenvalue weighted by molar-refractivity contribution is 7.92. The molecule has 0 amide bonds. The molecule has 0 aliphatic carbocycles. The predicted octanol–water partition coefficient (Wildman–Crippen LogP) is 2.43. The van der Waals surface area contributed by atoms with Crippen LogP contribution in [0.4, 0.5) is 16.5 Å². The van der Waals surface area contributed by atoms with Crippen molar-refractivity contribution >= 4 is 49.3 Å². The van der Waals surface area contributed by atoms with Gasteiger partial charge in [-0.25, -0.2) is 13.4 Å². The summed E-state index contributed by atoms with van der Waals surface area (Å²) in [4.78, 5) is 18.9. The van der Waals surface area contributed by atoms with Crippen molar-refractivity contribution in [2.45, 2.75) is 4.21 Å². The molecular formula is C14H15ClN4O4S2. The molecule has 1 aliphatic heterocycles. The Kier molecular flexibility index (Phi) is 4.85. The molecule has 2 aromatic rings. The van der Waals surface area contributed by atoms with Gasteiger partial charge in [-0.15, -0.1) is 0 Å². The summed E-state index contributed by atoms with van der Waals surface area (Å²) in [5.41, 5.74) is -0.163. The van der Waals surface area contributed by atoms with E-state index in [-0.39, 0.29) is 9.90 Å². The van der Waals surface area contributed by atoms with Crippen molar-refractivity contribution < 1.29 is 13.3 Å². The van der Waals surface area contributed by atoms with E-state index in [9.17, 15) is 18.5 Å². The number of aromatic nitrogens is 1. The highest BCUT2D eigenvalue weighted by Crippen LogP contribution is 2.40. The van der Waals surface area contributed by atoms with E-state index in [1.807, 2.05) is 11.0 Å². The molecule has 8 nitrogen and oxygen atoms in total. The van der Waals surface area contributed by atoms with E-state index in [0.29, 0.717) is 36.2 Å². The van der Waals surface area contributed by atoms with Crippen LogP contribution in [0.15, 0.2) is 28.6 Å². The largest absolute Gasteiger partial charge is 0.354 e. The second-order valence-electron chi connectivity index (χ2n) is 5.59. The van der Waals surface area contributed by atoms with Crippen molar-refractivity contribution in [1.29, 1.82) is 0 Å². The Morgan fingerprint density at radius 1 is 1.24 bits per heavy atom. The fraction of sp³-hybridized carbons (Fsp3) is 0.357. The lowest BCUT2D eigenvalue weighted by molar-refractivity contribution is -0.383. The van der Waals surface area contributed by atoms with Crippen LogP contribution in [0, 0.1) is 10.1 Å². The summed E-state index contributed by atoms with van der Waals surface area (Å²) in [6.45, 7) is 2.32. The van der Waals surface area contributed by atoms with Crippen molar-refractivity contribution in [3.63, 3.8) is 0 Å². The maximum Gasteiger partial charge on any atom is 0.305 e. The molecule has 3 heterocycles. The number of thiophene rings is 1. The normalized spacial score (nSPS) is 15.4. The number of pyridine rings is 1. The molecule has 3 rings (SSSR count). The highest BCUT2D eigenvalue weighted by atomic mass is 35.5. The van der Waals surface area contributed by atoms with E-state index in [2.05, 4.69) is 9.88 Å². The van der Waals surface area contributed by atoms with Crippen LogP contribution in [0.25, 0.3) is 0 Å². The zero-order valence-electron chi connectivity index (χ0n) is 13.3. The maximum atomic E-state index is 11.7. The molecule has 11 heteroatoms. The second-order valence-corrected chi connectivity index (χ2v) is 9.30. The number of nitrogens with zero attached hydrogens (tertiary/aromatic N) is 4. The highest BCUT2D eigenvalue weighted by Gasteiger charge is 2.29. The number of rotatable bonds is 4. The van der Waals surface area contributed by atoms with Gasteiger partial charge >= 0.3 is 5.69 Å². The minimum Gasteiger partial charge on any atom is -0.354 e. The Bertz CT molecular complexity index is 890. The Labute approximate surface area is 153 Å². The SMILES string of the molecule is CS(=O)(=O)c1cc([N+](=O)[O-])c(N2CCN(c3ccc(Cl)cn3)CC2)s1. The number of sulfone groups is 1. The lowest BCUT2D eigenvalue weighted by Crippen LogP contribution is -2.46. The van der Waals surface area contributed by atoms with Crippen LogP contribution in [0.5, 0.6) is 0 Å². The monoisotopic (exact) mass is 402 g/mol. The van der Waals surface area contributed by atoms with E-state index < -0.39 is 14.8 Å². The number of nitro groups is 1. The summed E-state index contributed by atoms with van der Waals surface area (Å²) in [6, 6.07) is 4.73. The fourth-order valence-electron chi connectivity index (χ4n) is 2.58. The summed E-state index contributed by atoms with van der Waals surface area (Å²) in [5.74, 6) is 0.793. The molecule has 2 aromatic heterocycles. The van der Waals surface area contributed by atoms with Crippen molar-refractivity contribution in [3.05, 3.63) is 39.5 Å². The van der Waals surface area contributed by atoms with Gasteiger partial charge < -0.3 is 9.80 Å². The third-order valence-electron chi connectivity index (χ3n) is 3.84. The first-order valence-corrected chi connectivity index (χ1v) is 10.4. The van der Waals surface area contributed by atoms with E-state index in [0.717, 1.165) is 29.5 Å². The van der Waals surface area contributed by atoms with Gasteiger partial charge in [0.15, 0.2) is 14.8 Å². The van der Waals surface area contributed by atoms with Gasteiger partial charge in [-0.05, 0) is 12.1 Å². The standard InChI is InChI=1S/C14H15ClN4O4S2/c1-25(22,23)13-8-11(19(20)21)14(24-13)18-6-4-17(5-7-18)12-3-2-10(15)9-16-12/h2-3,8-9H,4-7H2,1H3. The maximum absolute atomic E-state index is 11.7. The molecule has 0 N–H and O–H groups in total. The molecule has 0 atom stereocenters. The topological polar surface area (TPSA) is 96.6 Å². The van der Waals surface area contributed by atoms with Gasteiger partial charge in [0, 0.05) is 44.7 Å². The first-order valence-electron chi connectivity index (χ1n) is 7.35. The third kappa shape index (κ3) is 3.86. The summed E-state index contributed by atoms with van der Waals surface area (Å²) in [7, 11) is -3.48. The molecule has 0 spiro atoms. The minimum absolute atomic E-state index is 0.0102. The van der Waals surface area contributed by atoms with Crippen molar-refractivity contribution in [2.24, 2.45) is 0 Å². The molecule has 0 radical (unpaired) electrons. The zero-order chi connectivity index (χ0) is 18.2. The van der Waals surface area contributed by atoms with Crippen molar-refractivity contribution in [2.75, 3.05) is 42.2 Å². The summed E-state index contributed by atoms with van der Waals surface area (Å²) in [5, 5.41) is 12.2. The van der Waals surface area contributed by atoms with Crippen LogP contribution < -0.4 is 9.80 Å². The average molecular weight is 403 g/mol. The van der Waals surface area contributed by atoms with E-state index >= 15 is 0 Å². The van der Waals surface area contributed by atoms with Crippen LogP contribution in [0.3, 0.4) is 0 Å². The molecule has 1 aliphatic rings. The van der Waals surface area contributed by atoms with Crippen LogP contribution in [0.1, 0.15) is 0 Å². The Hall–Kier alpha value is -1.91. The number of piperazine rings is 1. The van der Waals surface area contributed by atoms with Crippen molar-refractivity contribution in [1.82, 2.24) is 4.98 Å². The Morgan fingerprint density at radius 3 is 2.40 bits per heavy atom. The quantitative estimate of drug-likeness (QED) is 0.572. The zero-order valence-corrected chi connectivity index (χ0v) is 15.6. The van der Waals surface area contributed by atoms with Crippen LogP contribution in [0.2, 0.25) is 5.02 Å². The molecule has 0 bridgehead atoms. The first-order chi connectivity index (χ1) is 11.8. The lowest BCUT2D eigenvalue weighted by Gasteiger charge is -2.35. The smallest absolute Gasteiger partial charge is 0.305 e. The summed E-state index contributed by atoms with van der Waals surface area (Å²) in [6.07, 6.45) is 2.63. The van der Waals surface area contributed by atoms with Crippen LogP contribution >= 0.6 is 22.9 Å². The van der Waals surface area contributed by atoms with Gasteiger partial charge in [-0.3, -0.25) is 10.1 Å². The Balaban J connectivity index is 1.79. The number of hydrogen-bond acceptors (Lipinski definition) is 8. The Morgan fingerprint density at radius 2 is 1.88 bits per heavy atom. The summed E-state index contributed by atoms with van der Waals surface area (Å²) < 4.78 is 23.4. The van der Waals surface area contributed by atoms with Gasteiger partial charge in [0.2, 0.25) is 0 Å². The van der Waals surface area contributed by atoms with Crippen LogP contribution in [-0.4, -0.2) is 50.8 Å². The summed E-state index contributed by atoms with van der Waals surface area (Å²) >= 11 is 6.78. The molecular weight excluding hydrogens is 388 g/mol. The molecule has 0 aromatic carbocycles. The van der Waals surface area contributed by atoms with E-state index in [1.54, 1.807) is 12.3 Å². The van der Waals surface area contributed by atoms with Gasteiger partial charge in [0.05, 0.1) is 9.95 Å². The molecule has 1 saturated heterocycles. The molecule has 1 fully saturated rings. The predicted molar refractivity (Wildman–Crippen MR) is 97.8 cm³/mol. The molecule has 0 unspecified atom stereocenters. The minimum atomic E-state index is -3.48. The molecule has 0 saturated carbocycles. The van der Waals surface area contributed by atoms with Crippen LogP contribution in [-0.2, 0) is 9.84 Å². The molecule has 134 valence electrons. The van der Waals surface area contributed by atoms with Gasteiger partial charge in [0.25, 0.3) is 0 Å².